The minimum absolute atomic E-state index is 0.214. The van der Waals surface area contributed by atoms with Crippen LogP contribution < -0.4 is 5.32 Å². The molecule has 2 unspecified atom stereocenters. The molecule has 1 heterocycles. The Morgan fingerprint density at radius 3 is 2.62 bits per heavy atom. The van der Waals surface area contributed by atoms with E-state index in [0.29, 0.717) is 6.04 Å². The molecule has 16 heavy (non-hydrogen) atoms. The third-order valence-electron chi connectivity index (χ3n) is 2.69. The first-order valence-electron chi connectivity index (χ1n) is 5.38. The number of rotatable bonds is 6. The molecular formula is C11H20N2OS2. The monoisotopic (exact) mass is 260 g/mol. The second-order valence-corrected chi connectivity index (χ2v) is 6.24. The summed E-state index contributed by atoms with van der Waals surface area (Å²) in [7, 11) is 0. The zero-order valence-corrected chi connectivity index (χ0v) is 11.9. The Kier molecular flexibility index (Phi) is 5.75. The van der Waals surface area contributed by atoms with E-state index in [2.05, 4.69) is 24.1 Å². The molecule has 0 amide bonds. The molecule has 2 atom stereocenters. The van der Waals surface area contributed by atoms with Gasteiger partial charge in [0.15, 0.2) is 0 Å². The normalized spacial score (nSPS) is 15.1. The number of hydrogen-bond donors (Lipinski definition) is 2. The second kappa shape index (κ2) is 6.59. The van der Waals surface area contributed by atoms with Gasteiger partial charge >= 0.3 is 0 Å². The smallest absolute Gasteiger partial charge is 0.107 e. The van der Waals surface area contributed by atoms with E-state index in [4.69, 9.17) is 5.11 Å². The SMILES string of the molecule is CSC(CO)C(C)NCc1nc(C)c(C)s1. The van der Waals surface area contributed by atoms with Gasteiger partial charge in [-0.05, 0) is 27.0 Å². The van der Waals surface area contributed by atoms with Crippen molar-refractivity contribution in [3.05, 3.63) is 15.6 Å². The molecular weight excluding hydrogens is 240 g/mol. The summed E-state index contributed by atoms with van der Waals surface area (Å²) in [5, 5.41) is 14.0. The predicted molar refractivity (Wildman–Crippen MR) is 72.3 cm³/mol. The predicted octanol–water partition coefficient (Wildman–Crippen LogP) is 1.96. The third kappa shape index (κ3) is 3.73. The molecule has 0 aliphatic rings. The van der Waals surface area contributed by atoms with Gasteiger partial charge in [0.1, 0.15) is 5.01 Å². The first-order chi connectivity index (χ1) is 7.58. The summed E-state index contributed by atoms with van der Waals surface area (Å²) in [5.74, 6) is 0. The largest absolute Gasteiger partial charge is 0.395 e. The fourth-order valence-electron chi connectivity index (χ4n) is 1.43. The van der Waals surface area contributed by atoms with Crippen molar-refractivity contribution < 1.29 is 5.11 Å². The van der Waals surface area contributed by atoms with E-state index in [1.807, 2.05) is 13.2 Å². The number of thioether (sulfide) groups is 1. The van der Waals surface area contributed by atoms with Crippen LogP contribution in [0.25, 0.3) is 0 Å². The fourth-order valence-corrected chi connectivity index (χ4v) is 2.97. The highest BCUT2D eigenvalue weighted by Crippen LogP contribution is 2.17. The van der Waals surface area contributed by atoms with Crippen LogP contribution in [0.15, 0.2) is 0 Å². The van der Waals surface area contributed by atoms with E-state index in [9.17, 15) is 0 Å². The fraction of sp³-hybridized carbons (Fsp3) is 0.727. The summed E-state index contributed by atoms with van der Waals surface area (Å²) in [4.78, 5) is 5.77. The van der Waals surface area contributed by atoms with Gasteiger partial charge in [-0.15, -0.1) is 11.3 Å². The molecule has 0 fully saturated rings. The average molecular weight is 260 g/mol. The molecule has 0 aliphatic heterocycles. The molecule has 5 heteroatoms. The number of aliphatic hydroxyl groups is 1. The number of aromatic nitrogens is 1. The molecule has 3 nitrogen and oxygen atoms in total. The van der Waals surface area contributed by atoms with Gasteiger partial charge in [-0.1, -0.05) is 0 Å². The van der Waals surface area contributed by atoms with Crippen LogP contribution in [-0.2, 0) is 6.54 Å². The number of nitrogens with one attached hydrogen (secondary N) is 1. The highest BCUT2D eigenvalue weighted by molar-refractivity contribution is 7.99. The maximum Gasteiger partial charge on any atom is 0.107 e. The molecule has 1 aromatic rings. The minimum atomic E-state index is 0.214. The van der Waals surface area contributed by atoms with E-state index in [1.54, 1.807) is 23.1 Å². The zero-order valence-electron chi connectivity index (χ0n) is 10.3. The molecule has 0 radical (unpaired) electrons. The van der Waals surface area contributed by atoms with Crippen molar-refractivity contribution in [1.29, 1.82) is 0 Å². The Balaban J connectivity index is 2.45. The van der Waals surface area contributed by atoms with Crippen LogP contribution in [0.3, 0.4) is 0 Å². The number of hydrogen-bond acceptors (Lipinski definition) is 5. The zero-order chi connectivity index (χ0) is 12.1. The van der Waals surface area contributed by atoms with Crippen LogP contribution in [0.2, 0.25) is 0 Å². The highest BCUT2D eigenvalue weighted by Gasteiger charge is 2.15. The Morgan fingerprint density at radius 1 is 1.50 bits per heavy atom. The minimum Gasteiger partial charge on any atom is -0.395 e. The molecule has 92 valence electrons. The van der Waals surface area contributed by atoms with Crippen molar-refractivity contribution in [2.24, 2.45) is 0 Å². The van der Waals surface area contributed by atoms with Gasteiger partial charge in [0.05, 0.1) is 12.3 Å². The lowest BCUT2D eigenvalue weighted by molar-refractivity contribution is 0.276. The first-order valence-corrected chi connectivity index (χ1v) is 7.48. The maximum atomic E-state index is 9.17. The van der Waals surface area contributed by atoms with Crippen LogP contribution in [0.4, 0.5) is 0 Å². The van der Waals surface area contributed by atoms with Crippen molar-refractivity contribution in [1.82, 2.24) is 10.3 Å². The van der Waals surface area contributed by atoms with E-state index in [-0.39, 0.29) is 11.9 Å². The lowest BCUT2D eigenvalue weighted by atomic mass is 10.2. The summed E-state index contributed by atoms with van der Waals surface area (Å²) >= 11 is 3.43. The van der Waals surface area contributed by atoms with E-state index >= 15 is 0 Å². The van der Waals surface area contributed by atoms with Crippen molar-refractivity contribution in [3.8, 4) is 0 Å². The van der Waals surface area contributed by atoms with Gasteiger partial charge in [0.2, 0.25) is 0 Å². The Morgan fingerprint density at radius 2 is 2.19 bits per heavy atom. The Labute approximate surface area is 106 Å². The molecule has 2 N–H and O–H groups in total. The topological polar surface area (TPSA) is 45.1 Å². The van der Waals surface area contributed by atoms with Gasteiger partial charge < -0.3 is 10.4 Å². The van der Waals surface area contributed by atoms with E-state index in [1.165, 1.54) is 4.88 Å². The molecule has 0 aliphatic carbocycles. The summed E-state index contributed by atoms with van der Waals surface area (Å²) < 4.78 is 0. The van der Waals surface area contributed by atoms with E-state index in [0.717, 1.165) is 17.2 Å². The van der Waals surface area contributed by atoms with Crippen LogP contribution in [0, 0.1) is 13.8 Å². The van der Waals surface area contributed by atoms with Crippen LogP contribution in [-0.4, -0.2) is 34.2 Å². The number of aliphatic hydroxyl groups excluding tert-OH is 1. The van der Waals surface area contributed by atoms with E-state index < -0.39 is 0 Å². The summed E-state index contributed by atoms with van der Waals surface area (Å²) in [6.45, 7) is 7.24. The maximum absolute atomic E-state index is 9.17. The third-order valence-corrected chi connectivity index (χ3v) is 4.92. The quantitative estimate of drug-likeness (QED) is 0.821. The molecule has 1 aromatic heterocycles. The van der Waals surface area contributed by atoms with Crippen molar-refractivity contribution >= 4 is 23.1 Å². The summed E-state index contributed by atoms with van der Waals surface area (Å²) in [5.41, 5.74) is 1.12. The van der Waals surface area contributed by atoms with Gasteiger partial charge in [-0.25, -0.2) is 4.98 Å². The van der Waals surface area contributed by atoms with Crippen molar-refractivity contribution in [3.63, 3.8) is 0 Å². The lowest BCUT2D eigenvalue weighted by Crippen LogP contribution is -2.37. The van der Waals surface area contributed by atoms with Crippen molar-refractivity contribution in [2.45, 2.75) is 38.6 Å². The van der Waals surface area contributed by atoms with Crippen molar-refractivity contribution in [2.75, 3.05) is 12.9 Å². The Hall–Kier alpha value is -0.100. The summed E-state index contributed by atoms with van der Waals surface area (Å²) in [6.07, 6.45) is 2.02. The lowest BCUT2D eigenvalue weighted by Gasteiger charge is -2.20. The molecule has 0 saturated carbocycles. The number of nitrogens with zero attached hydrogens (tertiary/aromatic N) is 1. The second-order valence-electron chi connectivity index (χ2n) is 3.88. The standard InChI is InChI=1S/C11H20N2OS2/c1-7-9(3)16-11(13-7)5-12-8(2)10(6-14)15-4/h8,10,12,14H,5-6H2,1-4H3. The average Bonchev–Trinajstić information content (AvgIpc) is 2.57. The van der Waals surface area contributed by atoms with Gasteiger partial charge in [0.25, 0.3) is 0 Å². The van der Waals surface area contributed by atoms with Crippen LogP contribution >= 0.6 is 23.1 Å². The van der Waals surface area contributed by atoms with Gasteiger partial charge in [-0.2, -0.15) is 11.8 Å². The van der Waals surface area contributed by atoms with Crippen LogP contribution in [0.1, 0.15) is 22.5 Å². The molecule has 0 spiro atoms. The van der Waals surface area contributed by atoms with Crippen LogP contribution in [0.5, 0.6) is 0 Å². The van der Waals surface area contributed by atoms with Gasteiger partial charge in [-0.3, -0.25) is 0 Å². The first kappa shape index (κ1) is 14.0. The molecule has 0 aromatic carbocycles. The Bertz CT molecular complexity index is 304. The number of thiazole rings is 1. The van der Waals surface area contributed by atoms with Gasteiger partial charge in [0, 0.05) is 22.7 Å². The molecule has 0 bridgehead atoms. The summed E-state index contributed by atoms with van der Waals surface area (Å²) in [6, 6.07) is 0.296. The number of aryl methyl sites for hydroxylation is 2. The molecule has 1 rings (SSSR count). The molecule has 0 saturated heterocycles. The highest BCUT2D eigenvalue weighted by atomic mass is 32.2.